The van der Waals surface area contributed by atoms with Crippen LogP contribution < -0.4 is 10.5 Å². The summed E-state index contributed by atoms with van der Waals surface area (Å²) in [6.45, 7) is 0.767. The minimum Gasteiger partial charge on any atom is -0.494 e. The van der Waals surface area contributed by atoms with E-state index in [-0.39, 0.29) is 18.4 Å². The van der Waals surface area contributed by atoms with Crippen LogP contribution in [-0.4, -0.2) is 18.4 Å². The van der Waals surface area contributed by atoms with Gasteiger partial charge < -0.3 is 10.5 Å². The second-order valence-corrected chi connectivity index (χ2v) is 3.97. The summed E-state index contributed by atoms with van der Waals surface area (Å²) in [5, 5.41) is 0. The zero-order valence-electron chi connectivity index (χ0n) is 9.34. The lowest BCUT2D eigenvalue weighted by atomic mass is 10.1. The molecular weight excluding hydrogens is 242 g/mol. The molecule has 0 aliphatic rings. The Morgan fingerprint density at radius 2 is 1.88 bits per heavy atom. The van der Waals surface area contributed by atoms with E-state index in [0.717, 1.165) is 37.4 Å². The van der Waals surface area contributed by atoms with Gasteiger partial charge in [-0.1, -0.05) is 18.2 Å². The fourth-order valence-corrected chi connectivity index (χ4v) is 1.49. The van der Waals surface area contributed by atoms with Crippen LogP contribution in [0.2, 0.25) is 0 Å². The predicted molar refractivity (Wildman–Crippen MR) is 74.9 cm³/mol. The van der Waals surface area contributed by atoms with Crippen molar-refractivity contribution in [1.82, 2.24) is 0 Å². The van der Waals surface area contributed by atoms with Crippen LogP contribution in [0.15, 0.2) is 30.3 Å². The van der Waals surface area contributed by atoms with Crippen LogP contribution in [0.5, 0.6) is 5.75 Å². The second-order valence-electron chi connectivity index (χ2n) is 3.60. The monoisotopic (exact) mass is 261 g/mol. The maximum absolute atomic E-state index is 5.75. The Morgan fingerprint density at radius 3 is 2.50 bits per heavy atom. The molecule has 2 N–H and O–H groups in total. The first-order valence-corrected chi connectivity index (χ1v) is 6.00. The lowest BCUT2D eigenvalue weighted by Gasteiger charge is -2.08. The van der Waals surface area contributed by atoms with Gasteiger partial charge in [-0.2, -0.15) is 12.6 Å². The number of para-hydroxylation sites is 1. The molecule has 1 rings (SSSR count). The second kappa shape index (κ2) is 9.82. The molecule has 0 aliphatic heterocycles. The van der Waals surface area contributed by atoms with Crippen LogP contribution >= 0.6 is 25.0 Å². The molecule has 0 bridgehead atoms. The highest BCUT2D eigenvalue weighted by atomic mass is 35.5. The van der Waals surface area contributed by atoms with Crippen molar-refractivity contribution < 1.29 is 4.74 Å². The third-order valence-corrected chi connectivity index (χ3v) is 2.68. The lowest BCUT2D eigenvalue weighted by Crippen LogP contribution is -2.21. The summed E-state index contributed by atoms with van der Waals surface area (Å²) in [5.74, 6) is 1.70. The molecule has 2 nitrogen and oxygen atoms in total. The maximum atomic E-state index is 5.75. The number of benzene rings is 1. The van der Waals surface area contributed by atoms with Crippen molar-refractivity contribution in [2.75, 3.05) is 12.4 Å². The number of thiol groups is 1. The summed E-state index contributed by atoms with van der Waals surface area (Å²) < 4.78 is 5.56. The van der Waals surface area contributed by atoms with Crippen molar-refractivity contribution in [3.63, 3.8) is 0 Å². The van der Waals surface area contributed by atoms with E-state index >= 15 is 0 Å². The minimum atomic E-state index is 0. The molecular formula is C12H20ClNOS. The van der Waals surface area contributed by atoms with E-state index in [1.54, 1.807) is 0 Å². The van der Waals surface area contributed by atoms with E-state index in [4.69, 9.17) is 10.5 Å². The summed E-state index contributed by atoms with van der Waals surface area (Å²) in [7, 11) is 0. The van der Waals surface area contributed by atoms with Crippen LogP contribution in [0.1, 0.15) is 19.3 Å². The number of hydrogen-bond acceptors (Lipinski definition) is 3. The van der Waals surface area contributed by atoms with Crippen molar-refractivity contribution in [2.24, 2.45) is 5.73 Å². The topological polar surface area (TPSA) is 35.2 Å². The Hall–Kier alpha value is -0.380. The predicted octanol–water partition coefficient (Wildman–Crippen LogP) is 2.91. The van der Waals surface area contributed by atoms with Crippen molar-refractivity contribution in [3.05, 3.63) is 30.3 Å². The highest BCUT2D eigenvalue weighted by Crippen LogP contribution is 2.09. The minimum absolute atomic E-state index is 0. The average Bonchev–Trinajstić information content (AvgIpc) is 2.29. The molecule has 0 saturated heterocycles. The fraction of sp³-hybridized carbons (Fsp3) is 0.500. The summed E-state index contributed by atoms with van der Waals surface area (Å²) in [5.41, 5.74) is 5.75. The van der Waals surface area contributed by atoms with Gasteiger partial charge in [-0.05, 0) is 31.4 Å². The van der Waals surface area contributed by atoms with Gasteiger partial charge >= 0.3 is 0 Å². The number of hydrogen-bond donors (Lipinski definition) is 2. The molecule has 1 aromatic rings. The quantitative estimate of drug-likeness (QED) is 0.585. The third-order valence-electron chi connectivity index (χ3n) is 2.22. The summed E-state index contributed by atoms with van der Waals surface area (Å²) in [4.78, 5) is 0. The molecule has 1 unspecified atom stereocenters. The summed E-state index contributed by atoms with van der Waals surface area (Å²) >= 11 is 4.14. The molecule has 0 aromatic heterocycles. The first kappa shape index (κ1) is 15.6. The number of halogens is 1. The number of ether oxygens (including phenoxy) is 1. The van der Waals surface area contributed by atoms with Gasteiger partial charge in [0.1, 0.15) is 5.75 Å². The van der Waals surface area contributed by atoms with Gasteiger partial charge in [-0.25, -0.2) is 0 Å². The number of nitrogens with two attached hydrogens (primary N) is 1. The van der Waals surface area contributed by atoms with E-state index < -0.39 is 0 Å². The standard InChI is InChI=1S/C12H19NOS.ClH/c13-11(10-15)6-4-5-9-14-12-7-2-1-3-8-12;/h1-3,7-8,11,15H,4-6,9-10,13H2;1H. The van der Waals surface area contributed by atoms with Crippen molar-refractivity contribution in [1.29, 1.82) is 0 Å². The third kappa shape index (κ3) is 6.99. The first-order valence-electron chi connectivity index (χ1n) is 5.37. The van der Waals surface area contributed by atoms with Crippen molar-refractivity contribution in [2.45, 2.75) is 25.3 Å². The SMILES string of the molecule is Cl.NC(CS)CCCCOc1ccccc1. The van der Waals surface area contributed by atoms with Gasteiger partial charge in [0.2, 0.25) is 0 Å². The molecule has 0 radical (unpaired) electrons. The number of rotatable bonds is 7. The van der Waals surface area contributed by atoms with Gasteiger partial charge in [-0.3, -0.25) is 0 Å². The molecule has 16 heavy (non-hydrogen) atoms. The zero-order valence-corrected chi connectivity index (χ0v) is 11.1. The van der Waals surface area contributed by atoms with Crippen LogP contribution in [0.25, 0.3) is 0 Å². The van der Waals surface area contributed by atoms with Crippen molar-refractivity contribution >= 4 is 25.0 Å². The van der Waals surface area contributed by atoms with Crippen LogP contribution in [-0.2, 0) is 0 Å². The molecule has 0 spiro atoms. The Morgan fingerprint density at radius 1 is 1.19 bits per heavy atom. The number of unbranched alkanes of at least 4 members (excludes halogenated alkanes) is 1. The highest BCUT2D eigenvalue weighted by Gasteiger charge is 1.98. The summed E-state index contributed by atoms with van der Waals surface area (Å²) in [6, 6.07) is 10.1. The smallest absolute Gasteiger partial charge is 0.119 e. The molecule has 1 aromatic carbocycles. The molecule has 4 heteroatoms. The van der Waals surface area contributed by atoms with E-state index in [9.17, 15) is 0 Å². The largest absolute Gasteiger partial charge is 0.494 e. The molecule has 0 fully saturated rings. The van der Waals surface area contributed by atoms with E-state index in [0.29, 0.717) is 0 Å². The van der Waals surface area contributed by atoms with Crippen LogP contribution in [0.4, 0.5) is 0 Å². The van der Waals surface area contributed by atoms with Crippen LogP contribution in [0, 0.1) is 0 Å². The highest BCUT2D eigenvalue weighted by molar-refractivity contribution is 7.80. The zero-order chi connectivity index (χ0) is 10.9. The van der Waals surface area contributed by atoms with E-state index in [1.807, 2.05) is 30.3 Å². The lowest BCUT2D eigenvalue weighted by molar-refractivity contribution is 0.304. The van der Waals surface area contributed by atoms with Gasteiger partial charge in [0, 0.05) is 11.8 Å². The molecule has 0 saturated carbocycles. The molecule has 92 valence electrons. The van der Waals surface area contributed by atoms with Crippen LogP contribution in [0.3, 0.4) is 0 Å². The molecule has 0 amide bonds. The fourth-order valence-electron chi connectivity index (χ4n) is 1.31. The van der Waals surface area contributed by atoms with E-state index in [2.05, 4.69) is 12.6 Å². The Kier molecular flexibility index (Phi) is 9.59. The van der Waals surface area contributed by atoms with Gasteiger partial charge in [0.25, 0.3) is 0 Å². The molecule has 1 atom stereocenters. The van der Waals surface area contributed by atoms with Gasteiger partial charge in [0.05, 0.1) is 6.61 Å². The molecule has 0 heterocycles. The Labute approximate surface area is 109 Å². The first-order chi connectivity index (χ1) is 7.33. The Balaban J connectivity index is 0.00000225. The Bertz CT molecular complexity index is 258. The van der Waals surface area contributed by atoms with Gasteiger partial charge in [0.15, 0.2) is 0 Å². The summed E-state index contributed by atoms with van der Waals surface area (Å²) in [6.07, 6.45) is 3.19. The van der Waals surface area contributed by atoms with E-state index in [1.165, 1.54) is 0 Å². The maximum Gasteiger partial charge on any atom is 0.119 e. The van der Waals surface area contributed by atoms with Gasteiger partial charge in [-0.15, -0.1) is 12.4 Å². The normalized spacial score (nSPS) is 11.6. The molecule has 0 aliphatic carbocycles. The average molecular weight is 262 g/mol. The van der Waals surface area contributed by atoms with Crippen molar-refractivity contribution in [3.8, 4) is 5.75 Å².